The molecule has 8 heteroatoms. The molecule has 0 aromatic heterocycles. The lowest BCUT2D eigenvalue weighted by Gasteiger charge is -2.19. The molecule has 0 spiro atoms. The van der Waals surface area contributed by atoms with E-state index in [0.29, 0.717) is 6.42 Å². The molecular formula is C24H26N2O6. The van der Waals surface area contributed by atoms with Gasteiger partial charge in [0.25, 0.3) is 0 Å². The first-order chi connectivity index (χ1) is 15.5. The van der Waals surface area contributed by atoms with Crippen molar-refractivity contribution in [2.24, 2.45) is 11.8 Å². The number of amides is 2. The van der Waals surface area contributed by atoms with Crippen LogP contribution in [0, 0.1) is 11.8 Å². The topological polar surface area (TPSA) is 116 Å². The van der Waals surface area contributed by atoms with E-state index in [0.717, 1.165) is 27.2 Å². The first-order valence-electron chi connectivity index (χ1n) is 10.7. The van der Waals surface area contributed by atoms with Crippen LogP contribution in [-0.2, 0) is 14.3 Å². The van der Waals surface area contributed by atoms with Gasteiger partial charge in [-0.2, -0.15) is 0 Å². The summed E-state index contributed by atoms with van der Waals surface area (Å²) in [6.45, 7) is -0.256. The molecule has 3 N–H and O–H groups in total. The third-order valence-electron chi connectivity index (χ3n) is 6.10. The molecule has 32 heavy (non-hydrogen) atoms. The number of rotatable bonds is 9. The number of aliphatic hydroxyl groups is 1. The lowest BCUT2D eigenvalue weighted by Crippen LogP contribution is -2.39. The molecule has 2 amide bonds. The average molecular weight is 438 g/mol. The molecule has 0 radical (unpaired) electrons. The standard InChI is InChI=1S/C24H26N2O6/c27-10-9-26(13-22(28)29)23(30)20-11-15(20)12-25-24(31)32-14-21-18-7-3-1-5-16(18)17-6-2-4-8-19(17)21/h1-8,15,20-21,27H,9-14H2,(H,25,31)(H,28,29). The fraction of sp³-hybridized carbons (Fsp3) is 0.375. The minimum atomic E-state index is -1.12. The Morgan fingerprint density at radius 3 is 2.25 bits per heavy atom. The maximum atomic E-state index is 12.4. The smallest absolute Gasteiger partial charge is 0.407 e. The molecule has 2 atom stereocenters. The number of carboxylic acid groups (broad SMARTS) is 1. The molecular weight excluding hydrogens is 412 g/mol. The number of aliphatic hydroxyl groups excluding tert-OH is 1. The fourth-order valence-electron chi connectivity index (χ4n) is 4.43. The summed E-state index contributed by atoms with van der Waals surface area (Å²) in [5.74, 6) is -1.85. The van der Waals surface area contributed by atoms with Crippen molar-refractivity contribution in [2.75, 3.05) is 32.8 Å². The van der Waals surface area contributed by atoms with Crippen LogP contribution in [0.3, 0.4) is 0 Å². The zero-order chi connectivity index (χ0) is 22.7. The number of nitrogens with one attached hydrogen (secondary N) is 1. The first-order valence-corrected chi connectivity index (χ1v) is 10.7. The normalized spacial score (nSPS) is 18.4. The quantitative estimate of drug-likeness (QED) is 0.552. The highest BCUT2D eigenvalue weighted by molar-refractivity contribution is 5.85. The minimum Gasteiger partial charge on any atom is -0.480 e. The van der Waals surface area contributed by atoms with E-state index in [2.05, 4.69) is 29.6 Å². The van der Waals surface area contributed by atoms with Crippen molar-refractivity contribution in [3.63, 3.8) is 0 Å². The molecule has 2 unspecified atom stereocenters. The molecule has 2 aliphatic rings. The van der Waals surface area contributed by atoms with Gasteiger partial charge in [-0.25, -0.2) is 4.79 Å². The number of hydrogen-bond donors (Lipinski definition) is 3. The van der Waals surface area contributed by atoms with Crippen molar-refractivity contribution >= 4 is 18.0 Å². The number of hydrogen-bond acceptors (Lipinski definition) is 5. The van der Waals surface area contributed by atoms with Crippen LogP contribution >= 0.6 is 0 Å². The number of nitrogens with zero attached hydrogens (tertiary/aromatic N) is 1. The van der Waals surface area contributed by atoms with E-state index in [1.54, 1.807) is 0 Å². The molecule has 0 heterocycles. The predicted octanol–water partition coefficient (Wildman–Crippen LogP) is 2.07. The highest BCUT2D eigenvalue weighted by Crippen LogP contribution is 2.44. The van der Waals surface area contributed by atoms with E-state index in [9.17, 15) is 14.4 Å². The molecule has 2 aromatic carbocycles. The fourth-order valence-corrected chi connectivity index (χ4v) is 4.43. The van der Waals surface area contributed by atoms with E-state index in [1.165, 1.54) is 0 Å². The van der Waals surface area contributed by atoms with Gasteiger partial charge in [0.15, 0.2) is 0 Å². The van der Waals surface area contributed by atoms with Crippen molar-refractivity contribution < 1.29 is 29.3 Å². The summed E-state index contributed by atoms with van der Waals surface area (Å²) in [5.41, 5.74) is 4.59. The van der Waals surface area contributed by atoms with E-state index < -0.39 is 18.6 Å². The summed E-state index contributed by atoms with van der Waals surface area (Å²) >= 11 is 0. The largest absolute Gasteiger partial charge is 0.480 e. The zero-order valence-corrected chi connectivity index (χ0v) is 17.6. The Morgan fingerprint density at radius 1 is 1.03 bits per heavy atom. The number of carboxylic acids is 1. The molecule has 4 rings (SSSR count). The summed E-state index contributed by atoms with van der Waals surface area (Å²) in [7, 11) is 0. The Bertz CT molecular complexity index is 978. The van der Waals surface area contributed by atoms with Crippen LogP contribution in [0.2, 0.25) is 0 Å². The number of aliphatic carboxylic acids is 1. The van der Waals surface area contributed by atoms with Gasteiger partial charge in [0.2, 0.25) is 5.91 Å². The number of alkyl carbamates (subject to hydrolysis) is 1. The zero-order valence-electron chi connectivity index (χ0n) is 17.6. The second-order valence-corrected chi connectivity index (χ2v) is 8.19. The van der Waals surface area contributed by atoms with Gasteiger partial charge in [-0.3, -0.25) is 9.59 Å². The van der Waals surface area contributed by atoms with Gasteiger partial charge < -0.3 is 25.2 Å². The third kappa shape index (κ3) is 4.60. The summed E-state index contributed by atoms with van der Waals surface area (Å²) in [5, 5.41) is 20.7. The number of benzene rings is 2. The van der Waals surface area contributed by atoms with Crippen LogP contribution < -0.4 is 5.32 Å². The minimum absolute atomic E-state index is 0.0197. The predicted molar refractivity (Wildman–Crippen MR) is 116 cm³/mol. The van der Waals surface area contributed by atoms with Crippen LogP contribution in [0.1, 0.15) is 23.5 Å². The number of ether oxygens (including phenoxy) is 1. The van der Waals surface area contributed by atoms with Gasteiger partial charge in [-0.15, -0.1) is 0 Å². The molecule has 2 aromatic rings. The second kappa shape index (κ2) is 9.40. The van der Waals surface area contributed by atoms with Crippen molar-refractivity contribution in [1.82, 2.24) is 10.2 Å². The second-order valence-electron chi connectivity index (χ2n) is 8.19. The van der Waals surface area contributed by atoms with Crippen molar-refractivity contribution in [3.05, 3.63) is 59.7 Å². The highest BCUT2D eigenvalue weighted by atomic mass is 16.5. The molecule has 1 fully saturated rings. The summed E-state index contributed by atoms with van der Waals surface area (Å²) in [6.07, 6.45) is 0.0343. The average Bonchev–Trinajstić information content (AvgIpc) is 3.50. The van der Waals surface area contributed by atoms with Crippen LogP contribution in [-0.4, -0.2) is 65.9 Å². The third-order valence-corrected chi connectivity index (χ3v) is 6.10. The number of carbonyl (C=O) groups is 3. The summed E-state index contributed by atoms with van der Waals surface area (Å²) in [4.78, 5) is 36.8. The Balaban J connectivity index is 1.27. The Hall–Kier alpha value is -3.39. The van der Waals surface area contributed by atoms with Gasteiger partial charge in [-0.05, 0) is 34.6 Å². The van der Waals surface area contributed by atoms with E-state index in [4.69, 9.17) is 14.9 Å². The number of fused-ring (bicyclic) bond motifs is 3. The first kappa shape index (κ1) is 21.8. The maximum absolute atomic E-state index is 12.4. The molecule has 8 nitrogen and oxygen atoms in total. The van der Waals surface area contributed by atoms with E-state index >= 15 is 0 Å². The lowest BCUT2D eigenvalue weighted by molar-refractivity contribution is -0.145. The van der Waals surface area contributed by atoms with Crippen molar-refractivity contribution in [2.45, 2.75) is 12.3 Å². The van der Waals surface area contributed by atoms with Gasteiger partial charge in [0.1, 0.15) is 13.2 Å². The van der Waals surface area contributed by atoms with Crippen molar-refractivity contribution in [1.29, 1.82) is 0 Å². The monoisotopic (exact) mass is 438 g/mol. The van der Waals surface area contributed by atoms with Gasteiger partial charge in [0.05, 0.1) is 6.61 Å². The van der Waals surface area contributed by atoms with E-state index in [1.807, 2.05) is 24.3 Å². The van der Waals surface area contributed by atoms with Crippen LogP contribution in [0.25, 0.3) is 11.1 Å². The van der Waals surface area contributed by atoms with Crippen LogP contribution in [0.15, 0.2) is 48.5 Å². The lowest BCUT2D eigenvalue weighted by atomic mass is 9.98. The summed E-state index contributed by atoms with van der Waals surface area (Å²) < 4.78 is 5.50. The van der Waals surface area contributed by atoms with Gasteiger partial charge >= 0.3 is 12.1 Å². The summed E-state index contributed by atoms with van der Waals surface area (Å²) in [6, 6.07) is 16.2. The van der Waals surface area contributed by atoms with Crippen LogP contribution in [0.5, 0.6) is 0 Å². The van der Waals surface area contributed by atoms with Gasteiger partial charge in [-0.1, -0.05) is 48.5 Å². The van der Waals surface area contributed by atoms with E-state index in [-0.39, 0.29) is 50.0 Å². The van der Waals surface area contributed by atoms with Gasteiger partial charge in [0, 0.05) is 24.9 Å². The molecule has 168 valence electrons. The van der Waals surface area contributed by atoms with Crippen molar-refractivity contribution in [3.8, 4) is 11.1 Å². The Labute approximate surface area is 185 Å². The highest BCUT2D eigenvalue weighted by Gasteiger charge is 2.45. The molecule has 0 aliphatic heterocycles. The molecule has 0 bridgehead atoms. The SMILES string of the molecule is O=C(O)CN(CCO)C(=O)C1CC1CNC(=O)OCC1c2ccccc2-c2ccccc21. The Morgan fingerprint density at radius 2 is 1.66 bits per heavy atom. The maximum Gasteiger partial charge on any atom is 0.407 e. The molecule has 2 aliphatic carbocycles. The number of carbonyl (C=O) groups excluding carboxylic acids is 2. The van der Waals surface area contributed by atoms with Crippen LogP contribution in [0.4, 0.5) is 4.79 Å². The molecule has 0 saturated heterocycles. The Kier molecular flexibility index (Phi) is 6.41. The molecule has 1 saturated carbocycles.